The van der Waals surface area contributed by atoms with Crippen LogP contribution in [0.2, 0.25) is 0 Å². The topological polar surface area (TPSA) is 9.23 Å². The molecule has 3 aromatic carbocycles. The summed E-state index contributed by atoms with van der Waals surface area (Å²) in [6.45, 7) is 0.939. The molecule has 0 spiro atoms. The molecule has 0 heterocycles. The van der Waals surface area contributed by atoms with Crippen molar-refractivity contribution in [3.8, 4) is 0 Å². The second-order valence-corrected chi connectivity index (χ2v) is 6.06. The Hall–Kier alpha value is -2.58. The van der Waals surface area contributed by atoms with E-state index >= 15 is 0 Å². The molecular weight excluding hydrogens is 303 g/mol. The number of benzene rings is 3. The van der Waals surface area contributed by atoms with Crippen molar-refractivity contribution in [2.75, 3.05) is 13.7 Å². The summed E-state index contributed by atoms with van der Waals surface area (Å²) in [5.74, 6) is 0. The molecule has 3 rings (SSSR count). The molecule has 0 unspecified atom stereocenters. The average Bonchev–Trinajstić information content (AvgIpc) is 2.69. The van der Waals surface area contributed by atoms with E-state index in [2.05, 4.69) is 97.1 Å². The lowest BCUT2D eigenvalue weighted by Crippen LogP contribution is -2.43. The van der Waals surface area contributed by atoms with Crippen molar-refractivity contribution in [3.63, 3.8) is 0 Å². The van der Waals surface area contributed by atoms with E-state index in [1.165, 1.54) is 22.0 Å². The van der Waals surface area contributed by atoms with Gasteiger partial charge in [0.1, 0.15) is 0 Å². The van der Waals surface area contributed by atoms with Crippen molar-refractivity contribution in [2.45, 2.75) is 6.42 Å². The molecular formula is C23H23BO. The zero-order chi connectivity index (χ0) is 17.3. The molecule has 3 aromatic rings. The summed E-state index contributed by atoms with van der Waals surface area (Å²) in [6.07, 6.45) is 3.22. The number of ether oxygens (including phenoxy) is 1. The first-order valence-corrected chi connectivity index (χ1v) is 8.74. The lowest BCUT2D eigenvalue weighted by Gasteiger charge is -2.19. The number of hydrogen-bond donors (Lipinski definition) is 0. The summed E-state index contributed by atoms with van der Waals surface area (Å²) in [5, 5.41) is 0. The normalized spacial score (nSPS) is 11.3. The quantitative estimate of drug-likeness (QED) is 0.472. The van der Waals surface area contributed by atoms with E-state index < -0.39 is 0 Å². The molecule has 25 heavy (non-hydrogen) atoms. The first kappa shape index (κ1) is 17.3. The van der Waals surface area contributed by atoms with Crippen LogP contribution in [0.5, 0.6) is 0 Å². The van der Waals surface area contributed by atoms with Crippen LogP contribution in [0.15, 0.2) is 97.1 Å². The summed E-state index contributed by atoms with van der Waals surface area (Å²) >= 11 is 0. The monoisotopic (exact) mass is 326 g/mol. The van der Waals surface area contributed by atoms with Gasteiger partial charge < -0.3 is 4.74 Å². The van der Waals surface area contributed by atoms with Gasteiger partial charge in [0.15, 0.2) is 0 Å². The van der Waals surface area contributed by atoms with E-state index in [9.17, 15) is 0 Å². The molecule has 0 aliphatic rings. The van der Waals surface area contributed by atoms with Crippen LogP contribution in [0, 0.1) is 0 Å². The second kappa shape index (κ2) is 9.05. The summed E-state index contributed by atoms with van der Waals surface area (Å²) < 4.78 is 5.27. The van der Waals surface area contributed by atoms with Crippen LogP contribution in [0.1, 0.15) is 12.0 Å². The fourth-order valence-corrected chi connectivity index (χ4v) is 3.21. The Balaban J connectivity index is 2.11. The first-order chi connectivity index (χ1) is 12.4. The number of methoxy groups -OCH3 is 1. The van der Waals surface area contributed by atoms with Gasteiger partial charge in [-0.3, -0.25) is 0 Å². The highest BCUT2D eigenvalue weighted by Crippen LogP contribution is 2.19. The van der Waals surface area contributed by atoms with Crippen LogP contribution >= 0.6 is 0 Å². The Kier molecular flexibility index (Phi) is 6.25. The SMILES string of the molecule is COCC/C=C(\B(c1ccccc1)c1ccccc1)c1ccccc1. The molecule has 0 aliphatic carbocycles. The van der Waals surface area contributed by atoms with Gasteiger partial charge in [0.25, 0.3) is 0 Å². The number of rotatable bonds is 7. The van der Waals surface area contributed by atoms with Gasteiger partial charge in [-0.25, -0.2) is 0 Å². The third kappa shape index (κ3) is 4.49. The van der Waals surface area contributed by atoms with Gasteiger partial charge in [0.2, 0.25) is 6.71 Å². The van der Waals surface area contributed by atoms with Crippen LogP contribution in [-0.4, -0.2) is 20.4 Å². The Morgan fingerprint density at radius 3 is 1.72 bits per heavy atom. The van der Waals surface area contributed by atoms with Crippen molar-refractivity contribution in [3.05, 3.63) is 103 Å². The summed E-state index contributed by atoms with van der Waals surface area (Å²) in [7, 11) is 1.75. The Bertz CT molecular complexity index is 743. The molecule has 0 aromatic heterocycles. The van der Waals surface area contributed by atoms with Gasteiger partial charge in [-0.2, -0.15) is 0 Å². The van der Waals surface area contributed by atoms with Crippen molar-refractivity contribution < 1.29 is 4.74 Å². The molecule has 2 heteroatoms. The van der Waals surface area contributed by atoms with E-state index in [1.807, 2.05) is 0 Å². The third-order valence-corrected chi connectivity index (χ3v) is 4.37. The molecule has 0 fully saturated rings. The van der Waals surface area contributed by atoms with E-state index in [0.29, 0.717) is 0 Å². The van der Waals surface area contributed by atoms with E-state index in [0.717, 1.165) is 13.0 Å². The van der Waals surface area contributed by atoms with E-state index in [4.69, 9.17) is 4.74 Å². The molecule has 0 radical (unpaired) electrons. The van der Waals surface area contributed by atoms with Crippen LogP contribution in [0.3, 0.4) is 0 Å². The Labute approximate surface area is 151 Å². The van der Waals surface area contributed by atoms with Gasteiger partial charge in [0, 0.05) is 13.7 Å². The summed E-state index contributed by atoms with van der Waals surface area (Å²) in [4.78, 5) is 0. The highest BCUT2D eigenvalue weighted by molar-refractivity contribution is 6.99. The maximum atomic E-state index is 5.27. The summed E-state index contributed by atoms with van der Waals surface area (Å²) in [5.41, 5.74) is 5.20. The van der Waals surface area contributed by atoms with Crippen LogP contribution in [0.25, 0.3) is 5.47 Å². The molecule has 0 aliphatic heterocycles. The predicted octanol–water partition coefficient (Wildman–Crippen LogP) is 3.95. The van der Waals surface area contributed by atoms with Crippen molar-refractivity contribution in [2.24, 2.45) is 0 Å². The van der Waals surface area contributed by atoms with Gasteiger partial charge in [-0.05, 0) is 12.0 Å². The fourth-order valence-electron chi connectivity index (χ4n) is 3.21. The Morgan fingerprint density at radius 1 is 0.760 bits per heavy atom. The van der Waals surface area contributed by atoms with Gasteiger partial charge >= 0.3 is 0 Å². The smallest absolute Gasteiger partial charge is 0.241 e. The maximum absolute atomic E-state index is 5.27. The highest BCUT2D eigenvalue weighted by atomic mass is 16.5. The fraction of sp³-hybridized carbons (Fsp3) is 0.130. The molecule has 1 nitrogen and oxygen atoms in total. The van der Waals surface area contributed by atoms with Crippen LogP contribution < -0.4 is 10.9 Å². The predicted molar refractivity (Wildman–Crippen MR) is 109 cm³/mol. The van der Waals surface area contributed by atoms with Crippen LogP contribution in [-0.2, 0) is 4.74 Å². The lowest BCUT2D eigenvalue weighted by molar-refractivity contribution is 0.204. The van der Waals surface area contributed by atoms with Crippen molar-refractivity contribution in [1.29, 1.82) is 0 Å². The molecule has 124 valence electrons. The van der Waals surface area contributed by atoms with Gasteiger partial charge in [-0.1, -0.05) is 113 Å². The minimum atomic E-state index is 0.210. The zero-order valence-electron chi connectivity index (χ0n) is 14.6. The maximum Gasteiger partial charge on any atom is 0.241 e. The van der Waals surface area contributed by atoms with Crippen LogP contribution in [0.4, 0.5) is 0 Å². The molecule has 0 saturated heterocycles. The molecule has 0 bridgehead atoms. The molecule has 0 amide bonds. The number of hydrogen-bond acceptors (Lipinski definition) is 1. The minimum absolute atomic E-state index is 0.210. The van der Waals surface area contributed by atoms with E-state index in [1.54, 1.807) is 7.11 Å². The zero-order valence-corrected chi connectivity index (χ0v) is 14.6. The summed E-state index contributed by atoms with van der Waals surface area (Å²) in [6, 6.07) is 32.1. The first-order valence-electron chi connectivity index (χ1n) is 8.74. The average molecular weight is 326 g/mol. The molecule has 0 N–H and O–H groups in total. The van der Waals surface area contributed by atoms with Crippen molar-refractivity contribution in [1.82, 2.24) is 0 Å². The third-order valence-electron chi connectivity index (χ3n) is 4.37. The molecule has 0 saturated carbocycles. The van der Waals surface area contributed by atoms with E-state index in [-0.39, 0.29) is 6.71 Å². The second-order valence-electron chi connectivity index (χ2n) is 6.06. The molecule has 0 atom stereocenters. The standard InChI is InChI=1S/C23H23BO/c1-25-19-11-18-23(20-12-5-2-6-13-20)24(21-14-7-3-8-15-21)22-16-9-4-10-17-22/h2-10,12-18H,11,19H2,1H3/b23-18-. The Morgan fingerprint density at radius 2 is 1.24 bits per heavy atom. The highest BCUT2D eigenvalue weighted by Gasteiger charge is 2.24. The largest absolute Gasteiger partial charge is 0.384 e. The van der Waals surface area contributed by atoms with Gasteiger partial charge in [0.05, 0.1) is 0 Å². The lowest BCUT2D eigenvalue weighted by atomic mass is 9.35. The van der Waals surface area contributed by atoms with Gasteiger partial charge in [-0.15, -0.1) is 0 Å². The van der Waals surface area contributed by atoms with Crippen molar-refractivity contribution >= 4 is 23.1 Å². The minimum Gasteiger partial charge on any atom is -0.384 e.